The summed E-state index contributed by atoms with van der Waals surface area (Å²) in [4.78, 5) is 4.30. The topological polar surface area (TPSA) is 68.8 Å². The van der Waals surface area contributed by atoms with Crippen LogP contribution in [0.5, 0.6) is 0 Å². The van der Waals surface area contributed by atoms with Crippen molar-refractivity contribution in [1.82, 2.24) is 20.2 Å². The van der Waals surface area contributed by atoms with Gasteiger partial charge in [-0.25, -0.2) is 0 Å². The Morgan fingerprint density at radius 2 is 2.26 bits per heavy atom. The highest BCUT2D eigenvalue weighted by Gasteiger charge is 2.15. The molecule has 1 atom stereocenters. The molecule has 2 rings (SSSR count). The van der Waals surface area contributed by atoms with Gasteiger partial charge in [-0.05, 0) is 24.6 Å². The summed E-state index contributed by atoms with van der Waals surface area (Å²) < 4.78 is 1.89. The smallest absolute Gasteiger partial charge is 0.0687 e. The van der Waals surface area contributed by atoms with Crippen molar-refractivity contribution in [2.24, 2.45) is 12.9 Å². The first-order chi connectivity index (χ1) is 9.13. The zero-order valence-electron chi connectivity index (χ0n) is 11.1. The fourth-order valence-corrected chi connectivity index (χ4v) is 2.10. The van der Waals surface area contributed by atoms with Crippen LogP contribution in [-0.2, 0) is 19.9 Å². The number of nitrogens with zero attached hydrogens (tertiary/aromatic N) is 3. The summed E-state index contributed by atoms with van der Waals surface area (Å²) in [5.41, 5.74) is 5.86. The van der Waals surface area contributed by atoms with Crippen molar-refractivity contribution in [3.63, 3.8) is 0 Å². The summed E-state index contributed by atoms with van der Waals surface area (Å²) >= 11 is 5.84. The predicted molar refractivity (Wildman–Crippen MR) is 75.6 cm³/mol. The molecule has 0 bridgehead atoms. The van der Waals surface area contributed by atoms with Gasteiger partial charge in [0.25, 0.3) is 0 Å². The van der Waals surface area contributed by atoms with Crippen LogP contribution in [-0.4, -0.2) is 14.8 Å². The number of aryl methyl sites for hydroxylation is 2. The molecule has 0 aliphatic rings. The minimum Gasteiger partial charge on any atom is -0.272 e. The van der Waals surface area contributed by atoms with Crippen LogP contribution in [0.3, 0.4) is 0 Å². The van der Waals surface area contributed by atoms with Crippen molar-refractivity contribution in [2.45, 2.75) is 25.8 Å². The average molecular weight is 280 g/mol. The van der Waals surface area contributed by atoms with Crippen LogP contribution >= 0.6 is 11.6 Å². The zero-order valence-corrected chi connectivity index (χ0v) is 11.9. The molecule has 102 valence electrons. The maximum Gasteiger partial charge on any atom is 0.0687 e. The third kappa shape index (κ3) is 3.32. The molecule has 1 unspecified atom stereocenters. The molecule has 6 heteroatoms. The molecule has 0 amide bonds. The number of rotatable bonds is 5. The second kappa shape index (κ2) is 6.14. The summed E-state index contributed by atoms with van der Waals surface area (Å²) in [6.45, 7) is 2.09. The number of nitrogens with two attached hydrogens (primary N) is 1. The highest BCUT2D eigenvalue weighted by atomic mass is 35.5. The molecule has 0 saturated carbocycles. The lowest BCUT2D eigenvalue weighted by atomic mass is 10.1. The lowest BCUT2D eigenvalue weighted by Gasteiger charge is -2.15. The van der Waals surface area contributed by atoms with Crippen LogP contribution < -0.4 is 11.3 Å². The largest absolute Gasteiger partial charge is 0.272 e. The molecular formula is C13H18ClN5. The van der Waals surface area contributed by atoms with E-state index >= 15 is 0 Å². The van der Waals surface area contributed by atoms with Crippen molar-refractivity contribution in [2.75, 3.05) is 0 Å². The monoisotopic (exact) mass is 279 g/mol. The number of aromatic nitrogens is 3. The Morgan fingerprint density at radius 3 is 2.79 bits per heavy atom. The van der Waals surface area contributed by atoms with Gasteiger partial charge in [-0.3, -0.25) is 20.9 Å². The first kappa shape index (κ1) is 14.0. The molecule has 2 aromatic heterocycles. The Bertz CT molecular complexity index is 534. The molecule has 2 aromatic rings. The summed E-state index contributed by atoms with van der Waals surface area (Å²) in [5.74, 6) is 5.63. The van der Waals surface area contributed by atoms with Gasteiger partial charge >= 0.3 is 0 Å². The standard InChI is InChI=1S/C13H18ClN5/c1-3-10-6-11(19(2)18-10)7-13(17-15)12-5-4-9(14)8-16-12/h4-6,8,13,17H,3,7,15H2,1-2H3. The maximum absolute atomic E-state index is 5.84. The van der Waals surface area contributed by atoms with Crippen LogP contribution in [0.2, 0.25) is 5.02 Å². The highest BCUT2D eigenvalue weighted by Crippen LogP contribution is 2.18. The van der Waals surface area contributed by atoms with Gasteiger partial charge in [0, 0.05) is 25.4 Å². The minimum absolute atomic E-state index is 0.0580. The fourth-order valence-electron chi connectivity index (χ4n) is 1.99. The van der Waals surface area contributed by atoms with Crippen LogP contribution in [0.15, 0.2) is 24.4 Å². The lowest BCUT2D eigenvalue weighted by Crippen LogP contribution is -2.30. The van der Waals surface area contributed by atoms with E-state index in [1.807, 2.05) is 23.9 Å². The molecule has 0 aromatic carbocycles. The van der Waals surface area contributed by atoms with E-state index in [0.717, 1.165) is 29.9 Å². The van der Waals surface area contributed by atoms with Crippen molar-refractivity contribution >= 4 is 11.6 Å². The maximum atomic E-state index is 5.84. The number of hydrogen-bond acceptors (Lipinski definition) is 4. The Balaban J connectivity index is 2.18. The lowest BCUT2D eigenvalue weighted by molar-refractivity contribution is 0.518. The normalized spacial score (nSPS) is 12.6. The van der Waals surface area contributed by atoms with Gasteiger partial charge < -0.3 is 0 Å². The second-order valence-corrected chi connectivity index (χ2v) is 4.87. The Kier molecular flexibility index (Phi) is 4.52. The van der Waals surface area contributed by atoms with Gasteiger partial charge in [-0.15, -0.1) is 0 Å². The molecule has 5 nitrogen and oxygen atoms in total. The van der Waals surface area contributed by atoms with Gasteiger partial charge in [0.1, 0.15) is 0 Å². The van der Waals surface area contributed by atoms with E-state index in [-0.39, 0.29) is 6.04 Å². The van der Waals surface area contributed by atoms with E-state index in [1.54, 1.807) is 6.20 Å². The minimum atomic E-state index is -0.0580. The van der Waals surface area contributed by atoms with E-state index in [4.69, 9.17) is 17.4 Å². The van der Waals surface area contributed by atoms with Crippen LogP contribution in [0.25, 0.3) is 0 Å². The Hall–Kier alpha value is -1.43. The van der Waals surface area contributed by atoms with E-state index < -0.39 is 0 Å². The first-order valence-electron chi connectivity index (χ1n) is 6.23. The molecule has 3 N–H and O–H groups in total. The quantitative estimate of drug-likeness (QED) is 0.647. The van der Waals surface area contributed by atoms with E-state index in [0.29, 0.717) is 5.02 Å². The van der Waals surface area contributed by atoms with Gasteiger partial charge in [-0.1, -0.05) is 18.5 Å². The van der Waals surface area contributed by atoms with Gasteiger partial charge in [0.2, 0.25) is 0 Å². The predicted octanol–water partition coefficient (Wildman–Crippen LogP) is 1.78. The van der Waals surface area contributed by atoms with E-state index in [1.165, 1.54) is 0 Å². The third-order valence-electron chi connectivity index (χ3n) is 3.11. The molecular weight excluding hydrogens is 262 g/mol. The Morgan fingerprint density at radius 1 is 1.47 bits per heavy atom. The number of hydrazine groups is 1. The number of hydrogen-bond donors (Lipinski definition) is 2. The molecule has 19 heavy (non-hydrogen) atoms. The molecule has 0 spiro atoms. The zero-order chi connectivity index (χ0) is 13.8. The van der Waals surface area contributed by atoms with Crippen molar-refractivity contribution < 1.29 is 0 Å². The average Bonchev–Trinajstić information content (AvgIpc) is 2.78. The SMILES string of the molecule is CCc1cc(CC(NN)c2ccc(Cl)cn2)n(C)n1. The summed E-state index contributed by atoms with van der Waals surface area (Å²) in [6.07, 6.45) is 3.28. The van der Waals surface area contributed by atoms with E-state index in [2.05, 4.69) is 28.5 Å². The van der Waals surface area contributed by atoms with Crippen molar-refractivity contribution in [1.29, 1.82) is 0 Å². The first-order valence-corrected chi connectivity index (χ1v) is 6.61. The molecule has 0 aliphatic heterocycles. The molecule has 0 saturated heterocycles. The van der Waals surface area contributed by atoms with Crippen LogP contribution in [0.4, 0.5) is 0 Å². The summed E-state index contributed by atoms with van der Waals surface area (Å²) in [5, 5.41) is 5.05. The summed E-state index contributed by atoms with van der Waals surface area (Å²) in [7, 11) is 1.94. The van der Waals surface area contributed by atoms with E-state index in [9.17, 15) is 0 Å². The Labute approximate surface area is 117 Å². The number of nitrogens with one attached hydrogen (secondary N) is 1. The number of halogens is 1. The fraction of sp³-hybridized carbons (Fsp3) is 0.385. The van der Waals surface area contributed by atoms with Crippen molar-refractivity contribution in [3.05, 3.63) is 46.5 Å². The van der Waals surface area contributed by atoms with Gasteiger partial charge in [0.15, 0.2) is 0 Å². The molecule has 0 aliphatic carbocycles. The van der Waals surface area contributed by atoms with Crippen LogP contribution in [0.1, 0.15) is 30.0 Å². The highest BCUT2D eigenvalue weighted by molar-refractivity contribution is 6.30. The van der Waals surface area contributed by atoms with Crippen LogP contribution in [0, 0.1) is 0 Å². The molecule has 0 fully saturated rings. The molecule has 2 heterocycles. The second-order valence-electron chi connectivity index (χ2n) is 4.43. The summed E-state index contributed by atoms with van der Waals surface area (Å²) in [6, 6.07) is 5.73. The van der Waals surface area contributed by atoms with Crippen molar-refractivity contribution in [3.8, 4) is 0 Å². The van der Waals surface area contributed by atoms with Gasteiger partial charge in [-0.2, -0.15) is 5.10 Å². The molecule has 0 radical (unpaired) electrons. The number of pyridine rings is 1. The van der Waals surface area contributed by atoms with Gasteiger partial charge in [0.05, 0.1) is 22.5 Å². The third-order valence-corrected chi connectivity index (χ3v) is 3.33.